The van der Waals surface area contributed by atoms with Crippen molar-refractivity contribution in [2.24, 2.45) is 5.10 Å². The Kier molecular flexibility index (Phi) is 5.92. The molecule has 0 aliphatic carbocycles. The number of aromatic nitrogens is 1. The summed E-state index contributed by atoms with van der Waals surface area (Å²) in [5, 5.41) is 14.7. The van der Waals surface area contributed by atoms with E-state index in [0.29, 0.717) is 5.56 Å². The molecular weight excluding hydrogens is 412 g/mol. The SMILES string of the molecule is Cc1cc(C)c(C)c(Cn2ccc3c(/C=N/NC(=O)c4ccc(O)c(N)c4)cccc32)c1C. The zero-order valence-corrected chi connectivity index (χ0v) is 19.3. The summed E-state index contributed by atoms with van der Waals surface area (Å²) in [6.45, 7) is 9.49. The number of phenolic OH excluding ortho intramolecular Hbond substituents is 1. The Morgan fingerprint density at radius 2 is 1.79 bits per heavy atom. The highest BCUT2D eigenvalue weighted by molar-refractivity contribution is 6.00. The third kappa shape index (κ3) is 4.32. The molecule has 0 saturated carbocycles. The molecule has 1 heterocycles. The first-order chi connectivity index (χ1) is 15.8. The number of phenols is 1. The quantitative estimate of drug-likeness (QED) is 0.177. The maximum absolute atomic E-state index is 12.3. The second kappa shape index (κ2) is 8.82. The van der Waals surface area contributed by atoms with Crippen LogP contribution in [0.2, 0.25) is 0 Å². The Bertz CT molecular complexity index is 1370. The second-order valence-electron chi connectivity index (χ2n) is 8.44. The van der Waals surface area contributed by atoms with E-state index in [1.54, 1.807) is 6.21 Å². The van der Waals surface area contributed by atoms with E-state index in [-0.39, 0.29) is 11.4 Å². The summed E-state index contributed by atoms with van der Waals surface area (Å²) >= 11 is 0. The van der Waals surface area contributed by atoms with E-state index < -0.39 is 5.91 Å². The molecule has 4 aromatic rings. The van der Waals surface area contributed by atoms with E-state index in [1.165, 1.54) is 46.0 Å². The van der Waals surface area contributed by atoms with Crippen LogP contribution < -0.4 is 11.2 Å². The Labute approximate surface area is 193 Å². The van der Waals surface area contributed by atoms with Gasteiger partial charge >= 0.3 is 0 Å². The number of nitrogens with two attached hydrogens (primary N) is 1. The topological polar surface area (TPSA) is 92.6 Å². The van der Waals surface area contributed by atoms with E-state index in [2.05, 4.69) is 67.2 Å². The minimum atomic E-state index is -0.400. The number of fused-ring (bicyclic) bond motifs is 1. The van der Waals surface area contributed by atoms with Crippen LogP contribution >= 0.6 is 0 Å². The molecule has 0 spiro atoms. The van der Waals surface area contributed by atoms with Crippen molar-refractivity contribution < 1.29 is 9.90 Å². The molecule has 33 heavy (non-hydrogen) atoms. The van der Waals surface area contributed by atoms with Crippen molar-refractivity contribution in [2.75, 3.05) is 5.73 Å². The molecule has 0 fully saturated rings. The zero-order valence-electron chi connectivity index (χ0n) is 19.3. The van der Waals surface area contributed by atoms with Gasteiger partial charge in [-0.05, 0) is 85.8 Å². The van der Waals surface area contributed by atoms with E-state index in [9.17, 15) is 9.90 Å². The number of amides is 1. The van der Waals surface area contributed by atoms with Gasteiger partial charge in [-0.1, -0.05) is 18.2 Å². The van der Waals surface area contributed by atoms with Crippen LogP contribution in [0.1, 0.15) is 43.7 Å². The summed E-state index contributed by atoms with van der Waals surface area (Å²) in [6.07, 6.45) is 3.73. The molecule has 6 nitrogen and oxygen atoms in total. The van der Waals surface area contributed by atoms with Crippen molar-refractivity contribution in [1.82, 2.24) is 9.99 Å². The molecule has 4 N–H and O–H groups in total. The minimum absolute atomic E-state index is 0.0579. The first-order valence-electron chi connectivity index (χ1n) is 10.8. The van der Waals surface area contributed by atoms with Gasteiger partial charge in [0.15, 0.2) is 0 Å². The van der Waals surface area contributed by atoms with E-state index in [1.807, 2.05) is 12.1 Å². The number of rotatable bonds is 5. The Hall–Kier alpha value is -4.06. The monoisotopic (exact) mass is 440 g/mol. The molecule has 4 rings (SSSR count). The second-order valence-corrected chi connectivity index (χ2v) is 8.44. The summed E-state index contributed by atoms with van der Waals surface area (Å²) < 4.78 is 2.25. The van der Waals surface area contributed by atoms with E-state index in [4.69, 9.17) is 5.73 Å². The van der Waals surface area contributed by atoms with Gasteiger partial charge in [0.25, 0.3) is 5.91 Å². The fourth-order valence-corrected chi connectivity index (χ4v) is 4.12. The minimum Gasteiger partial charge on any atom is -0.506 e. The number of aryl methyl sites for hydroxylation is 2. The maximum atomic E-state index is 12.3. The number of nitrogen functional groups attached to an aromatic ring is 1. The van der Waals surface area contributed by atoms with Gasteiger partial charge in [-0.3, -0.25) is 4.79 Å². The van der Waals surface area contributed by atoms with Crippen LogP contribution in [0.4, 0.5) is 5.69 Å². The number of nitrogens with zero attached hydrogens (tertiary/aromatic N) is 2. The zero-order chi connectivity index (χ0) is 23.7. The lowest BCUT2D eigenvalue weighted by molar-refractivity contribution is 0.0955. The summed E-state index contributed by atoms with van der Waals surface area (Å²) in [4.78, 5) is 12.3. The number of hydrazone groups is 1. The lowest BCUT2D eigenvalue weighted by Crippen LogP contribution is -2.17. The maximum Gasteiger partial charge on any atom is 0.271 e. The van der Waals surface area contributed by atoms with Crippen molar-refractivity contribution >= 4 is 28.7 Å². The molecule has 0 aliphatic rings. The normalized spacial score (nSPS) is 11.4. The van der Waals surface area contributed by atoms with Crippen molar-refractivity contribution in [3.63, 3.8) is 0 Å². The van der Waals surface area contributed by atoms with Crippen molar-refractivity contribution in [2.45, 2.75) is 34.2 Å². The number of benzene rings is 3. The number of carbonyl (C=O) groups is 1. The third-order valence-corrected chi connectivity index (χ3v) is 6.36. The Morgan fingerprint density at radius 1 is 1.06 bits per heavy atom. The molecule has 1 aromatic heterocycles. The highest BCUT2D eigenvalue weighted by Gasteiger charge is 2.12. The standard InChI is InChI=1S/C27H28N4O2/c1-16-12-17(2)19(4)23(18(16)3)15-31-11-10-22-21(6-5-7-25(22)31)14-29-30-27(33)20-8-9-26(32)24(28)13-20/h5-14,32H,15,28H2,1-4H3,(H,30,33)/b29-14+. The van der Waals surface area contributed by atoms with Gasteiger partial charge in [0.1, 0.15) is 5.75 Å². The van der Waals surface area contributed by atoms with Crippen LogP contribution in [0.5, 0.6) is 5.75 Å². The van der Waals surface area contributed by atoms with E-state index >= 15 is 0 Å². The first kappa shape index (κ1) is 22.1. The lowest BCUT2D eigenvalue weighted by atomic mass is 9.94. The number of anilines is 1. The van der Waals surface area contributed by atoms with Gasteiger partial charge in [0.2, 0.25) is 0 Å². The van der Waals surface area contributed by atoms with Crippen LogP contribution in [-0.2, 0) is 6.54 Å². The number of nitrogens with one attached hydrogen (secondary N) is 1. The van der Waals surface area contributed by atoms with Crippen molar-refractivity contribution in [3.05, 3.63) is 93.7 Å². The first-order valence-corrected chi connectivity index (χ1v) is 10.8. The van der Waals surface area contributed by atoms with Crippen LogP contribution in [0.3, 0.4) is 0 Å². The molecule has 168 valence electrons. The van der Waals surface area contributed by atoms with Gasteiger partial charge in [-0.15, -0.1) is 0 Å². The van der Waals surface area contributed by atoms with Gasteiger partial charge in [-0.25, -0.2) is 5.43 Å². The largest absolute Gasteiger partial charge is 0.506 e. The molecule has 0 saturated heterocycles. The fourth-order valence-electron chi connectivity index (χ4n) is 4.12. The number of hydrogen-bond donors (Lipinski definition) is 3. The molecule has 3 aromatic carbocycles. The molecule has 0 radical (unpaired) electrons. The summed E-state index contributed by atoms with van der Waals surface area (Å²) in [5.41, 5.74) is 17.3. The molecule has 0 unspecified atom stereocenters. The number of hydrogen-bond acceptors (Lipinski definition) is 4. The average Bonchev–Trinajstić information content (AvgIpc) is 3.21. The average molecular weight is 441 g/mol. The molecular formula is C27H28N4O2. The third-order valence-electron chi connectivity index (χ3n) is 6.36. The van der Waals surface area contributed by atoms with Gasteiger partial charge < -0.3 is 15.4 Å². The Morgan fingerprint density at radius 3 is 2.48 bits per heavy atom. The lowest BCUT2D eigenvalue weighted by Gasteiger charge is -2.16. The molecule has 0 atom stereocenters. The van der Waals surface area contributed by atoms with Crippen LogP contribution in [0.15, 0.2) is 59.8 Å². The van der Waals surface area contributed by atoms with Crippen molar-refractivity contribution in [3.8, 4) is 5.75 Å². The molecule has 0 aliphatic heterocycles. The van der Waals surface area contributed by atoms with Crippen LogP contribution in [0.25, 0.3) is 10.9 Å². The highest BCUT2D eigenvalue weighted by Crippen LogP contribution is 2.26. The van der Waals surface area contributed by atoms with Crippen molar-refractivity contribution in [1.29, 1.82) is 0 Å². The van der Waals surface area contributed by atoms with E-state index in [0.717, 1.165) is 23.0 Å². The molecule has 6 heteroatoms. The number of carbonyl (C=O) groups excluding carboxylic acids is 1. The van der Waals surface area contributed by atoms with Gasteiger partial charge in [0.05, 0.1) is 11.9 Å². The van der Waals surface area contributed by atoms with Crippen LogP contribution in [-0.4, -0.2) is 21.8 Å². The predicted molar refractivity (Wildman–Crippen MR) is 134 cm³/mol. The highest BCUT2D eigenvalue weighted by atomic mass is 16.3. The summed E-state index contributed by atoms with van der Waals surface area (Å²) in [6, 6.07) is 14.7. The smallest absolute Gasteiger partial charge is 0.271 e. The van der Waals surface area contributed by atoms with Gasteiger partial charge in [-0.2, -0.15) is 5.10 Å². The summed E-state index contributed by atoms with van der Waals surface area (Å²) in [7, 11) is 0. The number of aromatic hydroxyl groups is 1. The molecule has 1 amide bonds. The summed E-state index contributed by atoms with van der Waals surface area (Å²) in [5.74, 6) is -0.457. The van der Waals surface area contributed by atoms with Gasteiger partial charge in [0, 0.05) is 34.8 Å². The molecule has 0 bridgehead atoms. The fraction of sp³-hybridized carbons (Fsp3) is 0.185. The Balaban J connectivity index is 1.58. The predicted octanol–water partition coefficient (Wildman–Crippen LogP) is 4.97. The van der Waals surface area contributed by atoms with Crippen LogP contribution in [0, 0.1) is 27.7 Å².